The molecular formula is C23H29NO5. The predicted octanol–water partition coefficient (Wildman–Crippen LogP) is 4.19. The molecule has 0 bridgehead atoms. The summed E-state index contributed by atoms with van der Waals surface area (Å²) >= 11 is 0. The molecular weight excluding hydrogens is 370 g/mol. The number of hydrogen-bond acceptors (Lipinski definition) is 5. The molecule has 2 aromatic carbocycles. The first-order chi connectivity index (χ1) is 14.1. The topological polar surface area (TPSA) is 77.0 Å². The van der Waals surface area contributed by atoms with Crippen LogP contribution in [0.1, 0.15) is 48.8 Å². The Bertz CT molecular complexity index is 789. The van der Waals surface area contributed by atoms with Gasteiger partial charge in [0, 0.05) is 12.5 Å². The first-order valence-electron chi connectivity index (χ1n) is 10.0. The van der Waals surface area contributed by atoms with E-state index in [-0.39, 0.29) is 18.6 Å². The minimum atomic E-state index is -0.841. The molecule has 6 nitrogen and oxygen atoms in total. The second-order valence-corrected chi connectivity index (χ2v) is 7.27. The molecule has 1 aliphatic carbocycles. The van der Waals surface area contributed by atoms with Crippen LogP contribution in [0.5, 0.6) is 11.5 Å². The first-order valence-corrected chi connectivity index (χ1v) is 10.0. The van der Waals surface area contributed by atoms with E-state index in [4.69, 9.17) is 9.47 Å². The minimum Gasteiger partial charge on any atom is -0.493 e. The van der Waals surface area contributed by atoms with Crippen LogP contribution < -0.4 is 14.8 Å². The van der Waals surface area contributed by atoms with Crippen molar-refractivity contribution in [3.63, 3.8) is 0 Å². The third-order valence-corrected chi connectivity index (χ3v) is 5.39. The average molecular weight is 399 g/mol. The Hall–Kier alpha value is -2.73. The summed E-state index contributed by atoms with van der Waals surface area (Å²) in [4.78, 5) is 11.6. The fourth-order valence-electron chi connectivity index (χ4n) is 3.76. The highest BCUT2D eigenvalue weighted by atomic mass is 16.5. The van der Waals surface area contributed by atoms with Gasteiger partial charge in [-0.2, -0.15) is 0 Å². The Morgan fingerprint density at radius 1 is 1.07 bits per heavy atom. The largest absolute Gasteiger partial charge is 0.493 e. The number of amides is 1. The smallest absolute Gasteiger partial charge is 0.406 e. The van der Waals surface area contributed by atoms with Crippen molar-refractivity contribution in [1.29, 1.82) is 0 Å². The van der Waals surface area contributed by atoms with Crippen molar-refractivity contribution in [1.82, 2.24) is 5.32 Å². The van der Waals surface area contributed by atoms with E-state index in [1.165, 1.54) is 20.0 Å². The number of carbonyl (C=O) groups excluding carboxylic acids is 1. The van der Waals surface area contributed by atoms with Gasteiger partial charge in [0.1, 0.15) is 0 Å². The first kappa shape index (κ1) is 21.0. The Kier molecular flexibility index (Phi) is 7.36. The summed E-state index contributed by atoms with van der Waals surface area (Å²) in [5.41, 5.74) is 1.63. The van der Waals surface area contributed by atoms with Gasteiger partial charge in [0.15, 0.2) is 11.5 Å². The zero-order valence-corrected chi connectivity index (χ0v) is 17.0. The quantitative estimate of drug-likeness (QED) is 0.696. The zero-order valence-electron chi connectivity index (χ0n) is 17.0. The highest BCUT2D eigenvalue weighted by Gasteiger charge is 2.26. The summed E-state index contributed by atoms with van der Waals surface area (Å²) in [5, 5.41) is 13.9. The highest BCUT2D eigenvalue weighted by molar-refractivity contribution is 5.67. The lowest BCUT2D eigenvalue weighted by molar-refractivity contribution is 0.136. The summed E-state index contributed by atoms with van der Waals surface area (Å²) in [6.07, 6.45) is 3.22. The number of ether oxygens (including phenoxy) is 3. The number of benzene rings is 2. The Morgan fingerprint density at radius 3 is 2.45 bits per heavy atom. The maximum Gasteiger partial charge on any atom is 0.406 e. The summed E-state index contributed by atoms with van der Waals surface area (Å²) in [5.74, 6) is 0.948. The third-order valence-electron chi connectivity index (χ3n) is 5.39. The molecule has 6 heteroatoms. The van der Waals surface area contributed by atoms with Crippen molar-refractivity contribution in [3.05, 3.63) is 59.7 Å². The number of alkyl carbamates (subject to hydrolysis) is 1. The van der Waals surface area contributed by atoms with Crippen molar-refractivity contribution >= 4 is 6.09 Å². The maximum atomic E-state index is 11.6. The number of aliphatic hydroxyl groups excluding tert-OH is 1. The van der Waals surface area contributed by atoms with Gasteiger partial charge in [0.05, 0.1) is 26.4 Å². The lowest BCUT2D eigenvalue weighted by Gasteiger charge is -2.25. The molecule has 0 heterocycles. The molecule has 1 aliphatic rings. The van der Waals surface area contributed by atoms with Gasteiger partial charge in [-0.1, -0.05) is 36.4 Å². The maximum absolute atomic E-state index is 11.6. The van der Waals surface area contributed by atoms with Crippen LogP contribution in [0.4, 0.5) is 4.79 Å². The summed E-state index contributed by atoms with van der Waals surface area (Å²) in [6, 6.07) is 15.1. The molecule has 2 unspecified atom stereocenters. The van der Waals surface area contributed by atoms with Crippen molar-refractivity contribution in [3.8, 4) is 11.5 Å². The van der Waals surface area contributed by atoms with Gasteiger partial charge in [-0.15, -0.1) is 0 Å². The molecule has 29 heavy (non-hydrogen) atoms. The fourth-order valence-corrected chi connectivity index (χ4v) is 3.76. The van der Waals surface area contributed by atoms with Gasteiger partial charge in [-0.25, -0.2) is 4.79 Å². The van der Waals surface area contributed by atoms with Gasteiger partial charge in [0.2, 0.25) is 0 Å². The number of aliphatic hydroxyl groups is 1. The minimum absolute atomic E-state index is 0.183. The van der Waals surface area contributed by atoms with E-state index >= 15 is 0 Å². The molecule has 0 aromatic heterocycles. The molecule has 1 saturated carbocycles. The van der Waals surface area contributed by atoms with Crippen molar-refractivity contribution in [2.45, 2.75) is 43.8 Å². The van der Waals surface area contributed by atoms with Gasteiger partial charge < -0.3 is 24.6 Å². The number of carbonyl (C=O) groups is 1. The van der Waals surface area contributed by atoms with Crippen molar-refractivity contribution in [2.24, 2.45) is 0 Å². The van der Waals surface area contributed by atoms with Crippen LogP contribution in [0, 0.1) is 0 Å². The van der Waals surface area contributed by atoms with Crippen LogP contribution in [0.2, 0.25) is 0 Å². The van der Waals surface area contributed by atoms with E-state index in [1.54, 1.807) is 7.11 Å². The predicted molar refractivity (Wildman–Crippen MR) is 110 cm³/mol. The number of methoxy groups -OCH3 is 2. The molecule has 156 valence electrons. The third kappa shape index (κ3) is 5.41. The molecule has 0 radical (unpaired) electrons. The van der Waals surface area contributed by atoms with E-state index in [0.717, 1.165) is 18.4 Å². The van der Waals surface area contributed by atoms with Crippen LogP contribution in [0.3, 0.4) is 0 Å². The normalized spacial score (nSPS) is 16.1. The molecule has 3 rings (SSSR count). The number of nitrogens with one attached hydrogen (secondary N) is 1. The lowest BCUT2D eigenvalue weighted by atomic mass is 9.89. The van der Waals surface area contributed by atoms with Crippen LogP contribution >= 0.6 is 0 Å². The molecule has 0 spiro atoms. The summed E-state index contributed by atoms with van der Waals surface area (Å²) < 4.78 is 16.3. The molecule has 2 N–H and O–H groups in total. The number of hydrogen-bond donors (Lipinski definition) is 2. The molecule has 2 aromatic rings. The summed E-state index contributed by atoms with van der Waals surface area (Å²) in [6.45, 7) is 0.239. The number of rotatable bonds is 8. The summed E-state index contributed by atoms with van der Waals surface area (Å²) in [7, 11) is 2.93. The highest BCUT2D eigenvalue weighted by Crippen LogP contribution is 2.37. The van der Waals surface area contributed by atoms with Crippen molar-refractivity contribution < 1.29 is 24.1 Å². The SMILES string of the molecule is COC(=O)NCC(c1ccccc1)C(O)c1ccc(OC)c(OC2CCCC2)c1. The van der Waals surface area contributed by atoms with Gasteiger partial charge in [-0.3, -0.25) is 0 Å². The van der Waals surface area contributed by atoms with Crippen molar-refractivity contribution in [2.75, 3.05) is 20.8 Å². The Labute approximate surface area is 171 Å². The van der Waals surface area contributed by atoms with E-state index in [9.17, 15) is 9.90 Å². The molecule has 2 atom stereocenters. The van der Waals surface area contributed by atoms with E-state index in [2.05, 4.69) is 10.1 Å². The molecule has 0 saturated heterocycles. The van der Waals surface area contributed by atoms with Crippen LogP contribution in [-0.4, -0.2) is 38.1 Å². The monoisotopic (exact) mass is 399 g/mol. The Balaban J connectivity index is 1.85. The zero-order chi connectivity index (χ0) is 20.6. The second-order valence-electron chi connectivity index (χ2n) is 7.27. The Morgan fingerprint density at radius 2 is 1.79 bits per heavy atom. The molecule has 0 aliphatic heterocycles. The van der Waals surface area contributed by atoms with E-state index < -0.39 is 12.2 Å². The van der Waals surface area contributed by atoms with E-state index in [1.807, 2.05) is 48.5 Å². The molecule has 1 fully saturated rings. The van der Waals surface area contributed by atoms with Gasteiger partial charge in [0.25, 0.3) is 0 Å². The molecule has 1 amide bonds. The standard InChI is InChI=1S/C23H29NO5/c1-27-20-13-12-17(14-21(20)29-18-10-6-7-11-18)22(25)19(15-24-23(26)28-2)16-8-4-3-5-9-16/h3-5,8-9,12-14,18-19,22,25H,6-7,10-11,15H2,1-2H3,(H,24,26). The van der Waals surface area contributed by atoms with Crippen LogP contribution in [-0.2, 0) is 4.74 Å². The van der Waals surface area contributed by atoms with Crippen LogP contribution in [0.25, 0.3) is 0 Å². The van der Waals surface area contributed by atoms with Gasteiger partial charge in [-0.05, 0) is 48.9 Å². The van der Waals surface area contributed by atoms with Crippen LogP contribution in [0.15, 0.2) is 48.5 Å². The second kappa shape index (κ2) is 10.2. The average Bonchev–Trinajstić information content (AvgIpc) is 3.27. The lowest BCUT2D eigenvalue weighted by Crippen LogP contribution is -2.30. The van der Waals surface area contributed by atoms with E-state index in [0.29, 0.717) is 17.1 Å². The fraction of sp³-hybridized carbons (Fsp3) is 0.435. The van der Waals surface area contributed by atoms with Gasteiger partial charge >= 0.3 is 6.09 Å².